The molecular formula is C14H16ClN3O4. The average molecular weight is 326 g/mol. The first-order valence-corrected chi connectivity index (χ1v) is 7.26. The van der Waals surface area contributed by atoms with E-state index in [2.05, 4.69) is 5.32 Å². The van der Waals surface area contributed by atoms with Crippen LogP contribution in [0.25, 0.3) is 0 Å². The van der Waals surface area contributed by atoms with E-state index in [4.69, 9.17) is 11.6 Å². The van der Waals surface area contributed by atoms with Gasteiger partial charge in [0.2, 0.25) is 11.8 Å². The number of rotatable bonds is 3. The summed E-state index contributed by atoms with van der Waals surface area (Å²) in [6, 6.07) is 4.15. The lowest BCUT2D eigenvalue weighted by atomic mass is 9.96. The predicted molar refractivity (Wildman–Crippen MR) is 81.7 cm³/mol. The molecule has 1 saturated heterocycles. The number of nitro benzene ring substituents is 1. The lowest BCUT2D eigenvalue weighted by Crippen LogP contribution is -2.40. The van der Waals surface area contributed by atoms with Crippen LogP contribution in [0.15, 0.2) is 18.2 Å². The molecule has 2 amide bonds. The molecule has 22 heavy (non-hydrogen) atoms. The van der Waals surface area contributed by atoms with Crippen LogP contribution in [0.3, 0.4) is 0 Å². The number of hydrogen-bond acceptors (Lipinski definition) is 4. The summed E-state index contributed by atoms with van der Waals surface area (Å²) < 4.78 is 0. The van der Waals surface area contributed by atoms with Crippen LogP contribution in [-0.4, -0.2) is 34.7 Å². The van der Waals surface area contributed by atoms with Crippen molar-refractivity contribution in [1.29, 1.82) is 0 Å². The lowest BCUT2D eigenvalue weighted by Gasteiger charge is -2.30. The highest BCUT2D eigenvalue weighted by atomic mass is 35.5. The molecule has 8 heteroatoms. The number of anilines is 1. The predicted octanol–water partition coefficient (Wildman–Crippen LogP) is 2.45. The van der Waals surface area contributed by atoms with E-state index in [-0.39, 0.29) is 28.4 Å². The van der Waals surface area contributed by atoms with Crippen LogP contribution in [0, 0.1) is 16.0 Å². The molecule has 0 aliphatic carbocycles. The summed E-state index contributed by atoms with van der Waals surface area (Å²) in [6.07, 6.45) is 1.17. The third-order valence-corrected chi connectivity index (χ3v) is 4.04. The van der Waals surface area contributed by atoms with Gasteiger partial charge >= 0.3 is 0 Å². The number of nitrogens with one attached hydrogen (secondary N) is 1. The minimum Gasteiger partial charge on any atom is -0.343 e. The topological polar surface area (TPSA) is 92.6 Å². The van der Waals surface area contributed by atoms with Crippen LogP contribution >= 0.6 is 11.6 Å². The van der Waals surface area contributed by atoms with Gasteiger partial charge in [-0.15, -0.1) is 0 Å². The lowest BCUT2D eigenvalue weighted by molar-refractivity contribution is -0.384. The van der Waals surface area contributed by atoms with Gasteiger partial charge in [0.1, 0.15) is 5.02 Å². The second kappa shape index (κ2) is 6.74. The highest BCUT2D eigenvalue weighted by Crippen LogP contribution is 2.28. The van der Waals surface area contributed by atoms with E-state index in [0.717, 1.165) is 0 Å². The van der Waals surface area contributed by atoms with E-state index in [1.54, 1.807) is 4.90 Å². The number of likely N-dealkylation sites (tertiary alicyclic amines) is 1. The second-order valence-corrected chi connectivity index (χ2v) is 5.60. The van der Waals surface area contributed by atoms with Crippen molar-refractivity contribution in [2.75, 3.05) is 18.4 Å². The molecule has 1 aliphatic heterocycles. The van der Waals surface area contributed by atoms with E-state index in [1.165, 1.54) is 25.1 Å². The summed E-state index contributed by atoms with van der Waals surface area (Å²) in [5.74, 6) is -0.391. The number of nitrogens with zero attached hydrogens (tertiary/aromatic N) is 2. The van der Waals surface area contributed by atoms with Crippen LogP contribution in [-0.2, 0) is 9.59 Å². The zero-order chi connectivity index (χ0) is 16.3. The first-order valence-electron chi connectivity index (χ1n) is 6.89. The number of amides is 2. The van der Waals surface area contributed by atoms with Gasteiger partial charge in [-0.2, -0.15) is 0 Å². The van der Waals surface area contributed by atoms with Crippen LogP contribution in [0.1, 0.15) is 19.8 Å². The van der Waals surface area contributed by atoms with Crippen molar-refractivity contribution in [2.45, 2.75) is 19.8 Å². The van der Waals surface area contributed by atoms with Gasteiger partial charge in [-0.25, -0.2) is 0 Å². The number of halogens is 1. The Morgan fingerprint density at radius 3 is 2.55 bits per heavy atom. The van der Waals surface area contributed by atoms with Crippen molar-refractivity contribution < 1.29 is 14.5 Å². The molecule has 0 aromatic heterocycles. The second-order valence-electron chi connectivity index (χ2n) is 5.19. The van der Waals surface area contributed by atoms with Gasteiger partial charge in [0.15, 0.2) is 0 Å². The van der Waals surface area contributed by atoms with Gasteiger partial charge in [0, 0.05) is 37.7 Å². The Bertz CT molecular complexity index is 612. The van der Waals surface area contributed by atoms with Crippen molar-refractivity contribution in [3.63, 3.8) is 0 Å². The number of carbonyl (C=O) groups excluding carboxylic acids is 2. The Morgan fingerprint density at radius 2 is 2.00 bits per heavy atom. The molecule has 0 unspecified atom stereocenters. The molecule has 0 radical (unpaired) electrons. The summed E-state index contributed by atoms with van der Waals surface area (Å²) >= 11 is 5.73. The number of hydrogen-bond donors (Lipinski definition) is 1. The Balaban J connectivity index is 2.00. The van der Waals surface area contributed by atoms with E-state index >= 15 is 0 Å². The number of nitro groups is 1. The van der Waals surface area contributed by atoms with Crippen molar-refractivity contribution in [2.24, 2.45) is 5.92 Å². The zero-order valence-electron chi connectivity index (χ0n) is 12.0. The Hall–Kier alpha value is -2.15. The molecule has 1 N–H and O–H groups in total. The summed E-state index contributed by atoms with van der Waals surface area (Å²) in [6.45, 7) is 2.61. The minimum absolute atomic E-state index is 0.00665. The molecule has 1 aromatic rings. The zero-order valence-corrected chi connectivity index (χ0v) is 12.8. The van der Waals surface area contributed by atoms with E-state index in [1.807, 2.05) is 0 Å². The van der Waals surface area contributed by atoms with Gasteiger partial charge in [-0.1, -0.05) is 11.6 Å². The van der Waals surface area contributed by atoms with Crippen LogP contribution < -0.4 is 5.32 Å². The molecule has 0 spiro atoms. The maximum Gasteiger partial charge on any atom is 0.289 e. The van der Waals surface area contributed by atoms with Crippen LogP contribution in [0.2, 0.25) is 5.02 Å². The fourth-order valence-corrected chi connectivity index (χ4v) is 2.62. The van der Waals surface area contributed by atoms with Gasteiger partial charge in [-0.05, 0) is 25.0 Å². The molecule has 0 saturated carbocycles. The smallest absolute Gasteiger partial charge is 0.289 e. The molecule has 0 atom stereocenters. The molecule has 0 bridgehead atoms. The molecule has 1 heterocycles. The van der Waals surface area contributed by atoms with Crippen molar-refractivity contribution in [1.82, 2.24) is 4.90 Å². The molecule has 1 aliphatic rings. The van der Waals surface area contributed by atoms with Gasteiger partial charge < -0.3 is 10.2 Å². The third kappa shape index (κ3) is 3.73. The molecule has 1 aromatic carbocycles. The quantitative estimate of drug-likeness (QED) is 0.682. The van der Waals surface area contributed by atoms with Crippen molar-refractivity contribution >= 4 is 34.8 Å². The van der Waals surface area contributed by atoms with E-state index in [9.17, 15) is 19.7 Å². The molecule has 7 nitrogen and oxygen atoms in total. The molecule has 2 rings (SSSR count). The van der Waals surface area contributed by atoms with Crippen LogP contribution in [0.5, 0.6) is 0 Å². The first-order chi connectivity index (χ1) is 10.4. The first kappa shape index (κ1) is 16.2. The summed E-state index contributed by atoms with van der Waals surface area (Å²) in [5.41, 5.74) is 0.0981. The van der Waals surface area contributed by atoms with Crippen molar-refractivity contribution in [3.05, 3.63) is 33.3 Å². The normalized spacial score (nSPS) is 15.5. The maximum atomic E-state index is 12.2. The van der Waals surface area contributed by atoms with E-state index in [0.29, 0.717) is 31.6 Å². The highest BCUT2D eigenvalue weighted by molar-refractivity contribution is 6.32. The SMILES string of the molecule is CC(=O)N1CCC(C(=O)Nc2ccc(Cl)c([N+](=O)[O-])c2)CC1. The maximum absolute atomic E-state index is 12.2. The summed E-state index contributed by atoms with van der Waals surface area (Å²) in [4.78, 5) is 35.4. The van der Waals surface area contributed by atoms with Gasteiger partial charge in [-0.3, -0.25) is 19.7 Å². The average Bonchev–Trinajstić information content (AvgIpc) is 2.49. The van der Waals surface area contributed by atoms with Gasteiger partial charge in [0.05, 0.1) is 4.92 Å². The summed E-state index contributed by atoms with van der Waals surface area (Å²) in [5, 5.41) is 13.5. The Morgan fingerprint density at radius 1 is 1.36 bits per heavy atom. The number of piperidine rings is 1. The molecule has 118 valence electrons. The largest absolute Gasteiger partial charge is 0.343 e. The Labute approximate surface area is 132 Å². The highest BCUT2D eigenvalue weighted by Gasteiger charge is 2.26. The summed E-state index contributed by atoms with van der Waals surface area (Å²) in [7, 11) is 0. The fourth-order valence-electron chi connectivity index (χ4n) is 2.43. The van der Waals surface area contributed by atoms with Gasteiger partial charge in [0.25, 0.3) is 5.69 Å². The molecule has 1 fully saturated rings. The van der Waals surface area contributed by atoms with E-state index < -0.39 is 4.92 Å². The number of benzene rings is 1. The van der Waals surface area contributed by atoms with Crippen LogP contribution in [0.4, 0.5) is 11.4 Å². The fraction of sp³-hybridized carbons (Fsp3) is 0.429. The van der Waals surface area contributed by atoms with Crippen molar-refractivity contribution in [3.8, 4) is 0 Å². The standard InChI is InChI=1S/C14H16ClN3O4/c1-9(19)17-6-4-10(5-7-17)14(20)16-11-2-3-12(15)13(8-11)18(21)22/h2-3,8,10H,4-7H2,1H3,(H,16,20). The Kier molecular flexibility index (Phi) is 4.97. The number of carbonyl (C=O) groups is 2. The third-order valence-electron chi connectivity index (χ3n) is 3.72. The monoisotopic (exact) mass is 325 g/mol. The molecular weight excluding hydrogens is 310 g/mol. The minimum atomic E-state index is -0.594.